The molecule has 1 aliphatic heterocycles. The number of fused-ring (bicyclic) bond motifs is 3. The minimum Gasteiger partial charge on any atom is -0.497 e. The van der Waals surface area contributed by atoms with Crippen molar-refractivity contribution in [2.24, 2.45) is 5.92 Å². The molecular formula is C24H31N3O5. The summed E-state index contributed by atoms with van der Waals surface area (Å²) in [5, 5.41) is 3.82. The minimum atomic E-state index is -0.508. The normalized spacial score (nSPS) is 21.0. The van der Waals surface area contributed by atoms with E-state index in [0.29, 0.717) is 24.0 Å². The number of carbonyl (C=O) groups excluding carboxylic acids is 2. The molecule has 0 unspecified atom stereocenters. The summed E-state index contributed by atoms with van der Waals surface area (Å²) in [6, 6.07) is 5.75. The predicted molar refractivity (Wildman–Crippen MR) is 121 cm³/mol. The van der Waals surface area contributed by atoms with Crippen LogP contribution in [0.25, 0.3) is 10.9 Å². The maximum Gasteiger partial charge on any atom is 0.407 e. The first kappa shape index (κ1) is 22.2. The van der Waals surface area contributed by atoms with Gasteiger partial charge in [-0.3, -0.25) is 9.78 Å². The fourth-order valence-electron chi connectivity index (χ4n) is 4.41. The SMILES string of the molecule is COc1ccc2ncc3c(c2c1)N(CC1CCC(NC(=O)OC(C)(C)C)CC1)C(=O)CO3. The van der Waals surface area contributed by atoms with Crippen molar-refractivity contribution in [3.8, 4) is 11.5 Å². The Balaban J connectivity index is 1.46. The summed E-state index contributed by atoms with van der Waals surface area (Å²) >= 11 is 0. The van der Waals surface area contributed by atoms with Gasteiger partial charge < -0.3 is 24.4 Å². The molecule has 8 nitrogen and oxygen atoms in total. The molecule has 1 fully saturated rings. The fourth-order valence-corrected chi connectivity index (χ4v) is 4.41. The van der Waals surface area contributed by atoms with Crippen molar-refractivity contribution in [2.45, 2.75) is 58.1 Å². The number of pyridine rings is 1. The van der Waals surface area contributed by atoms with Gasteiger partial charge >= 0.3 is 6.09 Å². The number of amides is 2. The molecule has 1 saturated carbocycles. The zero-order valence-corrected chi connectivity index (χ0v) is 19.1. The monoisotopic (exact) mass is 441 g/mol. The number of hydrogen-bond donors (Lipinski definition) is 1. The molecule has 32 heavy (non-hydrogen) atoms. The van der Waals surface area contributed by atoms with Crippen molar-refractivity contribution < 1.29 is 23.8 Å². The number of methoxy groups -OCH3 is 1. The molecule has 1 N–H and O–H groups in total. The summed E-state index contributed by atoms with van der Waals surface area (Å²) in [4.78, 5) is 31.2. The molecular weight excluding hydrogens is 410 g/mol. The molecule has 1 aromatic carbocycles. The van der Waals surface area contributed by atoms with Crippen LogP contribution in [0.5, 0.6) is 11.5 Å². The summed E-state index contributed by atoms with van der Waals surface area (Å²) < 4.78 is 16.4. The highest BCUT2D eigenvalue weighted by Gasteiger charge is 2.32. The lowest BCUT2D eigenvalue weighted by molar-refractivity contribution is -0.121. The van der Waals surface area contributed by atoms with E-state index in [1.54, 1.807) is 13.3 Å². The predicted octanol–water partition coefficient (Wildman–Crippen LogP) is 4.05. The molecule has 4 rings (SSSR count). The average molecular weight is 442 g/mol. The van der Waals surface area contributed by atoms with Gasteiger partial charge in [0.25, 0.3) is 5.91 Å². The summed E-state index contributed by atoms with van der Waals surface area (Å²) in [5.74, 6) is 1.61. The van der Waals surface area contributed by atoms with Crippen LogP contribution >= 0.6 is 0 Å². The smallest absolute Gasteiger partial charge is 0.407 e. The van der Waals surface area contributed by atoms with Gasteiger partial charge in [0.05, 0.1) is 24.5 Å². The van der Waals surface area contributed by atoms with E-state index < -0.39 is 5.60 Å². The molecule has 0 spiro atoms. The van der Waals surface area contributed by atoms with E-state index in [4.69, 9.17) is 14.2 Å². The van der Waals surface area contributed by atoms with Crippen LogP contribution in [0.4, 0.5) is 10.5 Å². The number of alkyl carbamates (subject to hydrolysis) is 1. The lowest BCUT2D eigenvalue weighted by Gasteiger charge is -2.36. The molecule has 0 saturated heterocycles. The third-order valence-electron chi connectivity index (χ3n) is 5.94. The molecule has 8 heteroatoms. The molecule has 1 aromatic heterocycles. The van der Waals surface area contributed by atoms with E-state index in [2.05, 4.69) is 10.3 Å². The Morgan fingerprint density at radius 2 is 2.00 bits per heavy atom. The molecule has 1 aliphatic carbocycles. The Bertz CT molecular complexity index is 1000. The van der Waals surface area contributed by atoms with Gasteiger partial charge in [-0.05, 0) is 70.6 Å². The first-order chi connectivity index (χ1) is 15.2. The van der Waals surface area contributed by atoms with E-state index in [0.717, 1.165) is 42.3 Å². The Morgan fingerprint density at radius 1 is 1.25 bits per heavy atom. The standard InChI is InChI=1S/C24H31N3O5/c1-24(2,3)32-23(29)26-16-7-5-15(6-8-16)13-27-21(28)14-31-20-12-25-19-10-9-17(30-4)11-18(19)22(20)27/h9-12,15-16H,5-8,13-14H2,1-4H3,(H,26,29). The van der Waals surface area contributed by atoms with E-state index in [-0.39, 0.29) is 24.6 Å². The molecule has 0 radical (unpaired) electrons. The number of rotatable bonds is 4. The van der Waals surface area contributed by atoms with Crippen molar-refractivity contribution >= 4 is 28.6 Å². The summed E-state index contributed by atoms with van der Waals surface area (Å²) in [6.45, 7) is 6.20. The van der Waals surface area contributed by atoms with Crippen molar-refractivity contribution in [2.75, 3.05) is 25.2 Å². The lowest BCUT2D eigenvalue weighted by atomic mass is 9.85. The van der Waals surface area contributed by atoms with Crippen LogP contribution in [-0.4, -0.2) is 48.9 Å². The minimum absolute atomic E-state index is 0.0136. The summed E-state index contributed by atoms with van der Waals surface area (Å²) in [6.07, 6.45) is 4.89. The van der Waals surface area contributed by atoms with Gasteiger partial charge in [-0.15, -0.1) is 0 Å². The summed E-state index contributed by atoms with van der Waals surface area (Å²) in [5.41, 5.74) is 1.04. The van der Waals surface area contributed by atoms with Crippen LogP contribution in [0.1, 0.15) is 46.5 Å². The van der Waals surface area contributed by atoms with E-state index in [1.807, 2.05) is 43.9 Å². The van der Waals surface area contributed by atoms with E-state index in [9.17, 15) is 9.59 Å². The highest BCUT2D eigenvalue weighted by atomic mass is 16.6. The van der Waals surface area contributed by atoms with Crippen molar-refractivity contribution in [1.29, 1.82) is 0 Å². The van der Waals surface area contributed by atoms with Crippen LogP contribution < -0.4 is 19.7 Å². The van der Waals surface area contributed by atoms with Gasteiger partial charge in [0, 0.05) is 18.0 Å². The van der Waals surface area contributed by atoms with Crippen LogP contribution in [0.2, 0.25) is 0 Å². The number of anilines is 1. The number of carbonyl (C=O) groups is 2. The van der Waals surface area contributed by atoms with Gasteiger partial charge in [0.1, 0.15) is 11.4 Å². The first-order valence-electron chi connectivity index (χ1n) is 11.1. The second kappa shape index (κ2) is 8.84. The second-order valence-electron chi connectivity index (χ2n) is 9.51. The number of nitrogens with zero attached hydrogens (tertiary/aromatic N) is 2. The highest BCUT2D eigenvalue weighted by molar-refractivity contribution is 6.07. The summed E-state index contributed by atoms with van der Waals surface area (Å²) in [7, 11) is 1.62. The topological polar surface area (TPSA) is 90.0 Å². The van der Waals surface area contributed by atoms with Crippen molar-refractivity contribution in [3.63, 3.8) is 0 Å². The Morgan fingerprint density at radius 3 is 2.69 bits per heavy atom. The van der Waals surface area contributed by atoms with Crippen molar-refractivity contribution in [3.05, 3.63) is 24.4 Å². The van der Waals surface area contributed by atoms with Gasteiger partial charge in [0.15, 0.2) is 12.4 Å². The second-order valence-corrected chi connectivity index (χ2v) is 9.51. The molecule has 0 bridgehead atoms. The lowest BCUT2D eigenvalue weighted by Crippen LogP contribution is -2.45. The number of aromatic nitrogens is 1. The molecule has 0 atom stereocenters. The largest absolute Gasteiger partial charge is 0.497 e. The molecule has 2 aliphatic rings. The Labute approximate surface area is 188 Å². The number of ether oxygens (including phenoxy) is 3. The van der Waals surface area contributed by atoms with Gasteiger partial charge in [-0.2, -0.15) is 0 Å². The maximum absolute atomic E-state index is 12.8. The molecule has 2 amide bonds. The quantitative estimate of drug-likeness (QED) is 0.770. The van der Waals surface area contributed by atoms with Gasteiger partial charge in [0.2, 0.25) is 0 Å². The fraction of sp³-hybridized carbons (Fsp3) is 0.542. The van der Waals surface area contributed by atoms with Crippen LogP contribution in [-0.2, 0) is 9.53 Å². The first-order valence-corrected chi connectivity index (χ1v) is 11.1. The van der Waals surface area contributed by atoms with E-state index >= 15 is 0 Å². The van der Waals surface area contributed by atoms with Crippen LogP contribution in [0.3, 0.4) is 0 Å². The average Bonchev–Trinajstić information content (AvgIpc) is 2.74. The van der Waals surface area contributed by atoms with Crippen molar-refractivity contribution in [1.82, 2.24) is 10.3 Å². The molecule has 2 heterocycles. The van der Waals surface area contributed by atoms with Gasteiger partial charge in [-0.25, -0.2) is 4.79 Å². The van der Waals surface area contributed by atoms with Crippen LogP contribution in [0.15, 0.2) is 24.4 Å². The third-order valence-corrected chi connectivity index (χ3v) is 5.94. The Hall–Kier alpha value is -3.03. The van der Waals surface area contributed by atoms with Crippen LogP contribution in [0, 0.1) is 5.92 Å². The molecule has 172 valence electrons. The van der Waals surface area contributed by atoms with Gasteiger partial charge in [-0.1, -0.05) is 0 Å². The molecule has 2 aromatic rings. The number of hydrogen-bond acceptors (Lipinski definition) is 6. The maximum atomic E-state index is 12.8. The number of benzene rings is 1. The number of nitrogens with one attached hydrogen (secondary N) is 1. The third kappa shape index (κ3) is 4.89. The van der Waals surface area contributed by atoms with E-state index in [1.165, 1.54) is 0 Å². The zero-order chi connectivity index (χ0) is 22.9. The highest BCUT2D eigenvalue weighted by Crippen LogP contribution is 2.40. The Kier molecular flexibility index (Phi) is 6.13. The zero-order valence-electron chi connectivity index (χ0n) is 19.1.